The number of aromatic nitrogens is 1. The average molecular weight is 816 g/mol. The van der Waals surface area contributed by atoms with Gasteiger partial charge in [-0.05, 0) is 93.2 Å². The fourth-order valence-electron chi connectivity index (χ4n) is 9.16. The minimum Gasteiger partial charge on any atom is -0.473 e. The van der Waals surface area contributed by atoms with Crippen LogP contribution in [0.15, 0.2) is 29.1 Å². The van der Waals surface area contributed by atoms with Crippen molar-refractivity contribution in [3.8, 4) is 5.88 Å². The summed E-state index contributed by atoms with van der Waals surface area (Å²) >= 11 is 6.34. The van der Waals surface area contributed by atoms with Crippen molar-refractivity contribution < 1.29 is 37.1 Å². The van der Waals surface area contributed by atoms with E-state index in [4.69, 9.17) is 21.1 Å². The van der Waals surface area contributed by atoms with Crippen LogP contribution in [0.25, 0.3) is 10.8 Å². The second kappa shape index (κ2) is 16.6. The number of nitrogens with zero attached hydrogens (tertiary/aromatic N) is 3. The van der Waals surface area contributed by atoms with Gasteiger partial charge < -0.3 is 24.6 Å². The zero-order chi connectivity index (χ0) is 39.8. The third kappa shape index (κ3) is 8.25. The van der Waals surface area contributed by atoms with Crippen LogP contribution < -0.4 is 20.3 Å². The van der Waals surface area contributed by atoms with Crippen molar-refractivity contribution >= 4 is 56.2 Å². The Morgan fingerprint density at radius 2 is 1.80 bits per heavy atom. The summed E-state index contributed by atoms with van der Waals surface area (Å²) in [5.41, 5.74) is -1.62. The molecule has 2 bridgehead atoms. The van der Waals surface area contributed by atoms with Crippen LogP contribution in [-0.2, 0) is 35.7 Å². The van der Waals surface area contributed by atoms with Crippen LogP contribution in [0.1, 0.15) is 104 Å². The number of carbonyl (C=O) groups is 4. The monoisotopic (exact) mass is 815 g/mol. The Bertz CT molecular complexity index is 2020. The molecule has 4 amide bonds. The SMILES string of the molecule is CCCCN(C(=O)C1CC2CN1C(=O)CNC(=O)OC1CCCC1CCCCCn1c(cc3cc(Cl)ccc3c1=O)O2)[C@]1(C(=O)NS(=O)(=O)C2CC2)C[C@H]1CC. The number of sulfonamides is 1. The first kappa shape index (κ1) is 40.4. The number of rotatable bonds is 9. The lowest BCUT2D eigenvalue weighted by Crippen LogP contribution is -2.59. The summed E-state index contributed by atoms with van der Waals surface area (Å²) in [6.45, 7) is 3.98. The summed E-state index contributed by atoms with van der Waals surface area (Å²) in [5.74, 6) is -1.51. The number of amides is 4. The van der Waals surface area contributed by atoms with E-state index in [1.165, 1.54) is 9.80 Å². The second-order valence-electron chi connectivity index (χ2n) is 16.3. The normalized spacial score (nSPS) is 28.6. The van der Waals surface area contributed by atoms with Crippen molar-refractivity contribution in [1.29, 1.82) is 0 Å². The van der Waals surface area contributed by atoms with Crippen molar-refractivity contribution in [3.63, 3.8) is 0 Å². The topological polar surface area (TPSA) is 173 Å². The molecule has 2 N–H and O–H groups in total. The van der Waals surface area contributed by atoms with Gasteiger partial charge in [0.25, 0.3) is 11.5 Å². The van der Waals surface area contributed by atoms with Crippen molar-refractivity contribution in [2.75, 3.05) is 19.6 Å². The van der Waals surface area contributed by atoms with Gasteiger partial charge in [-0.1, -0.05) is 51.1 Å². The zero-order valence-electron chi connectivity index (χ0n) is 32.3. The number of ether oxygens (including phenoxy) is 2. The highest BCUT2D eigenvalue weighted by molar-refractivity contribution is 7.91. The van der Waals surface area contributed by atoms with Gasteiger partial charge >= 0.3 is 6.09 Å². The van der Waals surface area contributed by atoms with Gasteiger partial charge in [0.2, 0.25) is 21.8 Å². The highest BCUT2D eigenvalue weighted by Gasteiger charge is 2.66. The minimum atomic E-state index is -3.89. The van der Waals surface area contributed by atoms with E-state index in [0.29, 0.717) is 73.2 Å². The number of pyridine rings is 1. The van der Waals surface area contributed by atoms with E-state index in [1.54, 1.807) is 28.8 Å². The molecule has 2 aliphatic heterocycles. The number of halogens is 1. The number of fused-ring (bicyclic) bond motifs is 5. The molecule has 1 aromatic carbocycles. The quantitative estimate of drug-likeness (QED) is 0.358. The Balaban J connectivity index is 1.23. The van der Waals surface area contributed by atoms with Crippen LogP contribution in [0.2, 0.25) is 5.02 Å². The molecule has 3 aliphatic carbocycles. The Morgan fingerprint density at radius 3 is 2.54 bits per heavy atom. The smallest absolute Gasteiger partial charge is 0.407 e. The van der Waals surface area contributed by atoms with Gasteiger partial charge in [0.05, 0.1) is 11.8 Å². The largest absolute Gasteiger partial charge is 0.473 e. The summed E-state index contributed by atoms with van der Waals surface area (Å²) in [7, 11) is -3.89. The standard InChI is InChI=1S/C40H54ClN5O9S/c1-3-5-18-46(40(22-27(40)4-2)38(50)43-56(52,53)30-14-15-30)37(49)32-21-29-24-45(32)34(47)23-42-39(51)55-33-12-9-11-25(33)10-7-6-8-17-44-35(54-29)20-26-19-28(41)13-16-31(26)36(44)48/h13,16,19-20,25,27,29-30,32-33H,3-12,14-15,17-18,21-24H2,1-2H3,(H,42,51)(H,43,50)/t25?,27-,29?,32?,33?,40-/m1/s1. The third-order valence-corrected chi connectivity index (χ3v) is 14.6. The molecule has 4 fully saturated rings. The summed E-state index contributed by atoms with van der Waals surface area (Å²) in [5, 5.41) is 3.55. The van der Waals surface area contributed by atoms with Crippen LogP contribution in [0.4, 0.5) is 4.79 Å². The van der Waals surface area contributed by atoms with Crippen molar-refractivity contribution in [3.05, 3.63) is 39.6 Å². The lowest BCUT2D eigenvalue weighted by atomic mass is 9.98. The number of nitrogens with one attached hydrogen (secondary N) is 2. The molecule has 14 nitrogen and oxygen atoms in total. The third-order valence-electron chi connectivity index (χ3n) is 12.5. The van der Waals surface area contributed by atoms with Crippen molar-refractivity contribution in [2.45, 2.75) is 139 Å². The van der Waals surface area contributed by atoms with Gasteiger partial charge in [-0.15, -0.1) is 0 Å². The fraction of sp³-hybridized carbons (Fsp3) is 0.675. The second-order valence-corrected chi connectivity index (χ2v) is 18.7. The maximum Gasteiger partial charge on any atom is 0.407 e. The molecular formula is C40H54ClN5O9S. The van der Waals surface area contributed by atoms with Crippen LogP contribution >= 0.6 is 11.6 Å². The van der Waals surface area contributed by atoms with Gasteiger partial charge in [-0.2, -0.15) is 0 Å². The lowest BCUT2D eigenvalue weighted by Gasteiger charge is -2.36. The molecule has 16 heteroatoms. The zero-order valence-corrected chi connectivity index (χ0v) is 33.9. The van der Waals surface area contributed by atoms with E-state index < -0.39 is 63.3 Å². The predicted molar refractivity (Wildman–Crippen MR) is 210 cm³/mol. The van der Waals surface area contributed by atoms with Crippen LogP contribution in [0, 0.1) is 11.8 Å². The van der Waals surface area contributed by atoms with Gasteiger partial charge in [-0.3, -0.25) is 28.5 Å². The van der Waals surface area contributed by atoms with Gasteiger partial charge in [-0.25, -0.2) is 13.2 Å². The summed E-state index contributed by atoms with van der Waals surface area (Å²) in [4.78, 5) is 73.0. The van der Waals surface area contributed by atoms with E-state index in [1.807, 2.05) is 13.8 Å². The summed E-state index contributed by atoms with van der Waals surface area (Å²) < 4.78 is 42.3. The number of hydrogen-bond donors (Lipinski definition) is 2. The van der Waals surface area contributed by atoms with Crippen LogP contribution in [0.3, 0.4) is 0 Å². The average Bonchev–Trinajstić information content (AvgIpc) is 4.07. The Labute approximate surface area is 333 Å². The molecule has 5 aliphatic rings. The van der Waals surface area contributed by atoms with Crippen LogP contribution in [-0.4, -0.2) is 95.3 Å². The molecule has 3 heterocycles. The minimum absolute atomic E-state index is 0.0352. The Morgan fingerprint density at radius 1 is 1.02 bits per heavy atom. The Kier molecular flexibility index (Phi) is 11.9. The molecule has 6 atom stereocenters. The predicted octanol–water partition coefficient (Wildman–Crippen LogP) is 4.88. The highest BCUT2D eigenvalue weighted by Crippen LogP contribution is 2.52. The van der Waals surface area contributed by atoms with Gasteiger partial charge in [0, 0.05) is 36.0 Å². The molecule has 306 valence electrons. The number of carbonyl (C=O) groups excluding carboxylic acids is 4. The Hall–Kier alpha value is -3.85. The first-order valence-corrected chi connectivity index (χ1v) is 22.4. The van der Waals surface area contributed by atoms with E-state index in [0.717, 1.165) is 38.5 Å². The number of alkyl carbamates (subject to hydrolysis) is 1. The lowest BCUT2D eigenvalue weighted by molar-refractivity contribution is -0.149. The molecule has 1 saturated heterocycles. The maximum absolute atomic E-state index is 15.0. The van der Waals surface area contributed by atoms with Crippen LogP contribution in [0.5, 0.6) is 5.88 Å². The van der Waals surface area contributed by atoms with E-state index >= 15 is 0 Å². The molecule has 0 radical (unpaired) electrons. The molecule has 2 aromatic rings. The number of hydrogen-bond acceptors (Lipinski definition) is 9. The first-order valence-electron chi connectivity index (χ1n) is 20.5. The molecular weight excluding hydrogens is 762 g/mol. The molecule has 7 rings (SSSR count). The maximum atomic E-state index is 15.0. The van der Waals surface area contributed by atoms with Gasteiger partial charge in [0.15, 0.2) is 5.88 Å². The van der Waals surface area contributed by atoms with E-state index in [-0.39, 0.29) is 43.0 Å². The van der Waals surface area contributed by atoms with E-state index in [2.05, 4.69) is 10.0 Å². The summed E-state index contributed by atoms with van der Waals surface area (Å²) in [6.07, 6.45) is 7.38. The summed E-state index contributed by atoms with van der Waals surface area (Å²) in [6, 6.07) is 5.75. The van der Waals surface area contributed by atoms with E-state index in [9.17, 15) is 32.4 Å². The fourth-order valence-corrected chi connectivity index (χ4v) is 10.7. The molecule has 0 spiro atoms. The van der Waals surface area contributed by atoms with Crippen molar-refractivity contribution in [2.24, 2.45) is 11.8 Å². The molecule has 3 saturated carbocycles. The molecule has 1 aromatic heterocycles. The number of benzene rings is 1. The van der Waals surface area contributed by atoms with Gasteiger partial charge in [0.1, 0.15) is 30.3 Å². The highest BCUT2D eigenvalue weighted by atomic mass is 35.5. The van der Waals surface area contributed by atoms with Crippen molar-refractivity contribution in [1.82, 2.24) is 24.4 Å². The molecule has 56 heavy (non-hydrogen) atoms. The number of unbranched alkanes of at least 4 members (excludes halogenated alkanes) is 1. The molecule has 4 unspecified atom stereocenters. The first-order chi connectivity index (χ1) is 26.9.